The number of aryl methyl sites for hydroxylation is 1. The van der Waals surface area contributed by atoms with Crippen molar-refractivity contribution >= 4 is 28.9 Å². The molecule has 0 saturated heterocycles. The molecule has 3 aromatic carbocycles. The summed E-state index contributed by atoms with van der Waals surface area (Å²) in [6.07, 6.45) is 4.94. The van der Waals surface area contributed by atoms with Gasteiger partial charge in [-0.1, -0.05) is 48.6 Å². The van der Waals surface area contributed by atoms with E-state index in [4.69, 9.17) is 14.5 Å². The Hall–Kier alpha value is -3.18. The molecule has 5 heteroatoms. The summed E-state index contributed by atoms with van der Waals surface area (Å²) >= 11 is 1.81. The zero-order valence-corrected chi connectivity index (χ0v) is 19.3. The summed E-state index contributed by atoms with van der Waals surface area (Å²) in [4.78, 5) is 6.15. The molecule has 4 aromatic rings. The maximum Gasteiger partial charge on any atom is 0.161 e. The number of hydrogen-bond acceptors (Lipinski definition) is 4. The molecule has 0 aliphatic rings. The number of benzene rings is 3. The Bertz CT molecular complexity index is 1180. The van der Waals surface area contributed by atoms with Crippen LogP contribution in [0.3, 0.4) is 0 Å². The van der Waals surface area contributed by atoms with Gasteiger partial charge in [0.2, 0.25) is 0 Å². The van der Waals surface area contributed by atoms with Crippen molar-refractivity contribution in [2.75, 3.05) is 13.7 Å². The van der Waals surface area contributed by atoms with Gasteiger partial charge in [0, 0.05) is 11.4 Å². The first-order valence-electron chi connectivity index (χ1n) is 10.8. The average Bonchev–Trinajstić information content (AvgIpc) is 3.19. The molecule has 0 saturated carbocycles. The highest BCUT2D eigenvalue weighted by Crippen LogP contribution is 2.29. The first-order valence-corrected chi connectivity index (χ1v) is 11.8. The van der Waals surface area contributed by atoms with Crippen LogP contribution < -0.4 is 9.47 Å². The van der Waals surface area contributed by atoms with Crippen molar-refractivity contribution in [2.24, 2.45) is 0 Å². The van der Waals surface area contributed by atoms with Crippen molar-refractivity contribution in [3.8, 4) is 11.5 Å². The Kier molecular flexibility index (Phi) is 7.51. The van der Waals surface area contributed by atoms with Crippen molar-refractivity contribution in [2.45, 2.75) is 30.5 Å². The number of thioether (sulfide) groups is 1. The normalized spacial score (nSPS) is 11.3. The van der Waals surface area contributed by atoms with Crippen LogP contribution in [0, 0.1) is 0 Å². The predicted molar refractivity (Wildman–Crippen MR) is 134 cm³/mol. The van der Waals surface area contributed by atoms with Gasteiger partial charge in [0.05, 0.1) is 30.5 Å². The SMILES string of the molecule is C/C=C/c1ccc(OCCCn2c(CSc3ccccc3)nc3ccccc32)c(OC)c1. The van der Waals surface area contributed by atoms with Crippen LogP contribution in [0.4, 0.5) is 0 Å². The molecule has 4 rings (SSSR count). The molecule has 0 amide bonds. The van der Waals surface area contributed by atoms with Gasteiger partial charge in [-0.15, -0.1) is 11.8 Å². The van der Waals surface area contributed by atoms with E-state index in [9.17, 15) is 0 Å². The average molecular weight is 445 g/mol. The van der Waals surface area contributed by atoms with E-state index in [1.165, 1.54) is 10.4 Å². The summed E-state index contributed by atoms with van der Waals surface area (Å²) in [7, 11) is 1.68. The van der Waals surface area contributed by atoms with Crippen LogP contribution in [0.25, 0.3) is 17.1 Å². The van der Waals surface area contributed by atoms with Gasteiger partial charge in [0.1, 0.15) is 5.82 Å². The molecule has 0 bridgehead atoms. The van der Waals surface area contributed by atoms with Crippen LogP contribution in [-0.2, 0) is 12.3 Å². The quantitative estimate of drug-likeness (QED) is 0.198. The summed E-state index contributed by atoms with van der Waals surface area (Å²) in [5.41, 5.74) is 3.31. The molecular weight excluding hydrogens is 416 g/mol. The van der Waals surface area contributed by atoms with Gasteiger partial charge in [-0.05, 0) is 55.3 Å². The van der Waals surface area contributed by atoms with Crippen LogP contribution >= 0.6 is 11.8 Å². The molecular formula is C27H28N2O2S. The van der Waals surface area contributed by atoms with E-state index >= 15 is 0 Å². The maximum absolute atomic E-state index is 6.05. The van der Waals surface area contributed by atoms with Crippen LogP contribution in [0.1, 0.15) is 24.7 Å². The topological polar surface area (TPSA) is 36.3 Å². The number of allylic oxidation sites excluding steroid dienone is 1. The Morgan fingerprint density at radius 2 is 1.78 bits per heavy atom. The summed E-state index contributed by atoms with van der Waals surface area (Å²) in [5, 5.41) is 0. The molecule has 1 heterocycles. The fourth-order valence-corrected chi connectivity index (χ4v) is 4.52. The lowest BCUT2D eigenvalue weighted by Gasteiger charge is -2.13. The lowest BCUT2D eigenvalue weighted by molar-refractivity contribution is 0.283. The Labute approximate surface area is 193 Å². The molecule has 0 spiro atoms. The third-order valence-electron chi connectivity index (χ3n) is 5.18. The van der Waals surface area contributed by atoms with Crippen LogP contribution in [-0.4, -0.2) is 23.3 Å². The number of aromatic nitrogens is 2. The van der Waals surface area contributed by atoms with E-state index in [0.29, 0.717) is 6.61 Å². The third-order valence-corrected chi connectivity index (χ3v) is 6.18. The molecule has 0 unspecified atom stereocenters. The van der Waals surface area contributed by atoms with E-state index in [1.807, 2.05) is 61.2 Å². The Morgan fingerprint density at radius 3 is 2.59 bits per heavy atom. The molecule has 0 fully saturated rings. The van der Waals surface area contributed by atoms with Crippen molar-refractivity contribution < 1.29 is 9.47 Å². The summed E-state index contributed by atoms with van der Waals surface area (Å²) in [5.74, 6) is 3.46. The second-order valence-corrected chi connectivity index (χ2v) is 8.43. The number of ether oxygens (including phenoxy) is 2. The number of fused-ring (bicyclic) bond motifs is 1. The minimum absolute atomic E-state index is 0.608. The van der Waals surface area contributed by atoms with Crippen LogP contribution in [0.5, 0.6) is 11.5 Å². The van der Waals surface area contributed by atoms with Gasteiger partial charge < -0.3 is 14.0 Å². The Morgan fingerprint density at radius 1 is 0.969 bits per heavy atom. The smallest absolute Gasteiger partial charge is 0.161 e. The van der Waals surface area contributed by atoms with Crippen molar-refractivity contribution in [3.63, 3.8) is 0 Å². The van der Waals surface area contributed by atoms with Crippen molar-refractivity contribution in [3.05, 3.63) is 90.3 Å². The van der Waals surface area contributed by atoms with Gasteiger partial charge in [-0.3, -0.25) is 0 Å². The zero-order valence-electron chi connectivity index (χ0n) is 18.5. The highest BCUT2D eigenvalue weighted by atomic mass is 32.2. The Balaban J connectivity index is 1.42. The maximum atomic E-state index is 6.05. The third kappa shape index (κ3) is 5.35. The second kappa shape index (κ2) is 10.9. The molecule has 0 atom stereocenters. The molecule has 4 nitrogen and oxygen atoms in total. The molecule has 1 aromatic heterocycles. The molecule has 0 radical (unpaired) electrons. The lowest BCUT2D eigenvalue weighted by Crippen LogP contribution is -2.08. The number of nitrogens with zero attached hydrogens (tertiary/aromatic N) is 2. The van der Waals surface area contributed by atoms with Crippen molar-refractivity contribution in [1.29, 1.82) is 0 Å². The highest BCUT2D eigenvalue weighted by molar-refractivity contribution is 7.98. The fourth-order valence-electron chi connectivity index (χ4n) is 3.65. The van der Waals surface area contributed by atoms with E-state index in [0.717, 1.165) is 47.1 Å². The van der Waals surface area contributed by atoms with Gasteiger partial charge >= 0.3 is 0 Å². The van der Waals surface area contributed by atoms with E-state index in [2.05, 4.69) is 47.0 Å². The highest BCUT2D eigenvalue weighted by Gasteiger charge is 2.11. The summed E-state index contributed by atoms with van der Waals surface area (Å²) in [6, 6.07) is 24.8. The molecule has 32 heavy (non-hydrogen) atoms. The fraction of sp³-hybridized carbons (Fsp3) is 0.222. The molecule has 0 aliphatic carbocycles. The number of para-hydroxylation sites is 2. The van der Waals surface area contributed by atoms with Crippen LogP contribution in [0.2, 0.25) is 0 Å². The van der Waals surface area contributed by atoms with E-state index < -0.39 is 0 Å². The predicted octanol–water partition coefficient (Wildman–Crippen LogP) is 6.84. The van der Waals surface area contributed by atoms with Gasteiger partial charge in [0.25, 0.3) is 0 Å². The minimum Gasteiger partial charge on any atom is -0.493 e. The molecule has 0 aliphatic heterocycles. The van der Waals surface area contributed by atoms with E-state index in [-0.39, 0.29) is 0 Å². The molecule has 0 N–H and O–H groups in total. The number of rotatable bonds is 10. The van der Waals surface area contributed by atoms with Crippen LogP contribution in [0.15, 0.2) is 83.8 Å². The standard InChI is InChI=1S/C27H28N2O2S/c1-3-10-21-15-16-25(26(19-21)30-2)31-18-9-17-29-24-14-8-7-13-23(24)28-27(29)20-32-22-11-5-4-6-12-22/h3-8,10-16,19H,9,17-18,20H2,1-2H3/b10-3+. The second-order valence-electron chi connectivity index (χ2n) is 7.38. The number of hydrogen-bond donors (Lipinski definition) is 0. The first kappa shape index (κ1) is 22.0. The monoisotopic (exact) mass is 444 g/mol. The number of methoxy groups -OCH3 is 1. The largest absolute Gasteiger partial charge is 0.493 e. The number of imidazole rings is 1. The first-order chi connectivity index (χ1) is 15.8. The van der Waals surface area contributed by atoms with Gasteiger partial charge in [-0.2, -0.15) is 0 Å². The van der Waals surface area contributed by atoms with Gasteiger partial charge in [0.15, 0.2) is 11.5 Å². The molecule has 164 valence electrons. The minimum atomic E-state index is 0.608. The van der Waals surface area contributed by atoms with Crippen molar-refractivity contribution in [1.82, 2.24) is 9.55 Å². The zero-order chi connectivity index (χ0) is 22.2. The lowest BCUT2D eigenvalue weighted by atomic mass is 10.2. The van der Waals surface area contributed by atoms with E-state index in [1.54, 1.807) is 7.11 Å². The van der Waals surface area contributed by atoms with Gasteiger partial charge in [-0.25, -0.2) is 4.98 Å². The summed E-state index contributed by atoms with van der Waals surface area (Å²) < 4.78 is 13.9. The summed E-state index contributed by atoms with van der Waals surface area (Å²) in [6.45, 7) is 3.46.